The van der Waals surface area contributed by atoms with E-state index in [-0.39, 0.29) is 11.9 Å². The lowest BCUT2D eigenvalue weighted by Gasteiger charge is -2.31. The number of amides is 1. The Labute approximate surface area is 171 Å². The van der Waals surface area contributed by atoms with Crippen molar-refractivity contribution in [2.45, 2.75) is 17.9 Å². The van der Waals surface area contributed by atoms with Crippen LogP contribution in [0.25, 0.3) is 0 Å². The molecule has 0 spiro atoms. The molecule has 1 aliphatic heterocycles. The van der Waals surface area contributed by atoms with E-state index < -0.39 is 10.0 Å². The van der Waals surface area contributed by atoms with Gasteiger partial charge in [0.25, 0.3) is 5.91 Å². The van der Waals surface area contributed by atoms with Crippen LogP contribution in [0.15, 0.2) is 59.5 Å². The topological polar surface area (TPSA) is 70.9 Å². The number of hydrogen-bond acceptors (Lipinski definition) is 3. The van der Waals surface area contributed by atoms with Crippen molar-refractivity contribution >= 4 is 27.5 Å². The van der Waals surface area contributed by atoms with E-state index in [1.807, 2.05) is 19.1 Å². The Balaban J connectivity index is 1.50. The predicted molar refractivity (Wildman–Crippen MR) is 109 cm³/mol. The van der Waals surface area contributed by atoms with Gasteiger partial charge in [-0.3, -0.25) is 4.79 Å². The van der Waals surface area contributed by atoms with Gasteiger partial charge in [-0.2, -0.15) is 4.31 Å². The number of quaternary nitrogens is 1. The highest BCUT2D eigenvalue weighted by atomic mass is 35.5. The van der Waals surface area contributed by atoms with E-state index in [9.17, 15) is 13.2 Å². The Morgan fingerprint density at radius 2 is 1.71 bits per heavy atom. The Bertz CT molecular complexity index is 896. The Kier molecular flexibility index (Phi) is 6.72. The average molecular weight is 423 g/mol. The summed E-state index contributed by atoms with van der Waals surface area (Å²) in [6, 6.07) is 15.8. The molecule has 1 aliphatic rings. The summed E-state index contributed by atoms with van der Waals surface area (Å²) >= 11 is 5.90. The summed E-state index contributed by atoms with van der Waals surface area (Å²) in [6.45, 7) is 4.29. The van der Waals surface area contributed by atoms with Crippen LogP contribution in [0.2, 0.25) is 5.02 Å². The largest absolute Gasteiger partial charge is 0.345 e. The summed E-state index contributed by atoms with van der Waals surface area (Å²) < 4.78 is 26.8. The van der Waals surface area contributed by atoms with Crippen LogP contribution in [0.3, 0.4) is 0 Å². The molecule has 3 rings (SSSR count). The summed E-state index contributed by atoms with van der Waals surface area (Å²) in [4.78, 5) is 13.8. The number of piperazine rings is 1. The van der Waals surface area contributed by atoms with Crippen molar-refractivity contribution in [3.63, 3.8) is 0 Å². The van der Waals surface area contributed by atoms with E-state index in [1.54, 1.807) is 42.5 Å². The highest BCUT2D eigenvalue weighted by Crippen LogP contribution is 2.16. The maximum absolute atomic E-state index is 12.7. The molecule has 1 fully saturated rings. The van der Waals surface area contributed by atoms with Gasteiger partial charge in [0.1, 0.15) is 0 Å². The first kappa shape index (κ1) is 20.8. The summed E-state index contributed by atoms with van der Waals surface area (Å²) in [7, 11) is -3.46. The lowest BCUT2D eigenvalue weighted by Crippen LogP contribution is -3.15. The highest BCUT2D eigenvalue weighted by Gasteiger charge is 2.31. The molecule has 2 N–H and O–H groups in total. The number of halogens is 1. The number of sulfonamides is 1. The van der Waals surface area contributed by atoms with Gasteiger partial charge in [0.2, 0.25) is 10.0 Å². The summed E-state index contributed by atoms with van der Waals surface area (Å²) in [5.74, 6) is -0.0446. The SMILES string of the molecule is C[C@H](NC(=O)C[NH+]1CCN(S(=O)(=O)c2ccccc2)CC1)c1ccc(Cl)cc1. The molecule has 150 valence electrons. The zero-order valence-corrected chi connectivity index (χ0v) is 17.3. The van der Waals surface area contributed by atoms with Crippen LogP contribution in [0.1, 0.15) is 18.5 Å². The zero-order chi connectivity index (χ0) is 20.1. The molecule has 6 nitrogen and oxygen atoms in total. The molecule has 2 aromatic rings. The van der Waals surface area contributed by atoms with Crippen molar-refractivity contribution < 1.29 is 18.1 Å². The third-order valence-electron chi connectivity index (χ3n) is 4.97. The molecule has 1 amide bonds. The van der Waals surface area contributed by atoms with Crippen LogP contribution in [0.5, 0.6) is 0 Å². The average Bonchev–Trinajstić information content (AvgIpc) is 2.69. The van der Waals surface area contributed by atoms with Crippen molar-refractivity contribution in [3.05, 3.63) is 65.2 Å². The number of hydrogen-bond donors (Lipinski definition) is 2. The van der Waals surface area contributed by atoms with Gasteiger partial charge in [0.15, 0.2) is 6.54 Å². The normalized spacial score (nSPS) is 17.2. The Morgan fingerprint density at radius 1 is 1.11 bits per heavy atom. The highest BCUT2D eigenvalue weighted by molar-refractivity contribution is 7.89. The molecule has 0 bridgehead atoms. The maximum atomic E-state index is 12.7. The lowest BCUT2D eigenvalue weighted by atomic mass is 10.1. The quantitative estimate of drug-likeness (QED) is 0.732. The van der Waals surface area contributed by atoms with E-state index in [1.165, 1.54) is 4.31 Å². The number of carbonyl (C=O) groups is 1. The van der Waals surface area contributed by atoms with E-state index in [0.717, 1.165) is 10.5 Å². The van der Waals surface area contributed by atoms with Crippen LogP contribution in [0, 0.1) is 0 Å². The smallest absolute Gasteiger partial charge is 0.275 e. The van der Waals surface area contributed by atoms with Gasteiger partial charge in [-0.25, -0.2) is 8.42 Å². The fourth-order valence-electron chi connectivity index (χ4n) is 3.32. The van der Waals surface area contributed by atoms with E-state index >= 15 is 0 Å². The molecule has 0 unspecified atom stereocenters. The molecule has 1 atom stereocenters. The maximum Gasteiger partial charge on any atom is 0.275 e. The standard InChI is InChI=1S/C20H24ClN3O3S/c1-16(17-7-9-18(21)10-8-17)22-20(25)15-23-11-13-24(14-12-23)28(26,27)19-5-3-2-4-6-19/h2-10,16H,11-15H2,1H3,(H,22,25)/p+1/t16-/m0/s1. The summed E-state index contributed by atoms with van der Waals surface area (Å²) in [5, 5.41) is 3.66. The number of benzene rings is 2. The van der Waals surface area contributed by atoms with Crippen LogP contribution in [0.4, 0.5) is 0 Å². The predicted octanol–water partition coefficient (Wildman–Crippen LogP) is 1.11. The third kappa shape index (κ3) is 5.11. The zero-order valence-electron chi connectivity index (χ0n) is 15.8. The van der Waals surface area contributed by atoms with Crippen LogP contribution >= 0.6 is 11.6 Å². The van der Waals surface area contributed by atoms with Crippen molar-refractivity contribution in [1.29, 1.82) is 0 Å². The second-order valence-electron chi connectivity index (χ2n) is 6.98. The second kappa shape index (κ2) is 9.05. The van der Waals surface area contributed by atoms with E-state index in [2.05, 4.69) is 5.32 Å². The minimum absolute atomic E-state index is 0.0446. The first-order valence-corrected chi connectivity index (χ1v) is 11.1. The monoisotopic (exact) mass is 422 g/mol. The minimum atomic E-state index is -3.46. The van der Waals surface area contributed by atoms with Crippen molar-refractivity contribution in [3.8, 4) is 0 Å². The molecule has 1 heterocycles. The summed E-state index contributed by atoms with van der Waals surface area (Å²) in [6.07, 6.45) is 0. The van der Waals surface area contributed by atoms with Gasteiger partial charge in [-0.05, 0) is 36.8 Å². The molecule has 0 saturated carbocycles. The van der Waals surface area contributed by atoms with E-state index in [4.69, 9.17) is 11.6 Å². The molecule has 0 radical (unpaired) electrons. The molecule has 8 heteroatoms. The second-order valence-corrected chi connectivity index (χ2v) is 9.36. The van der Waals surface area contributed by atoms with Gasteiger partial charge in [-0.1, -0.05) is 41.9 Å². The molecule has 28 heavy (non-hydrogen) atoms. The van der Waals surface area contributed by atoms with Gasteiger partial charge in [0.05, 0.1) is 37.1 Å². The fraction of sp³-hybridized carbons (Fsp3) is 0.350. The van der Waals surface area contributed by atoms with Crippen molar-refractivity contribution in [1.82, 2.24) is 9.62 Å². The molecular formula is C20H25ClN3O3S+. The molecule has 0 aliphatic carbocycles. The van der Waals surface area contributed by atoms with Crippen LogP contribution < -0.4 is 10.2 Å². The minimum Gasteiger partial charge on any atom is -0.345 e. The van der Waals surface area contributed by atoms with Crippen LogP contribution in [-0.2, 0) is 14.8 Å². The van der Waals surface area contributed by atoms with E-state index in [0.29, 0.717) is 42.6 Å². The fourth-order valence-corrected chi connectivity index (χ4v) is 4.90. The first-order chi connectivity index (χ1) is 13.4. The van der Waals surface area contributed by atoms with Crippen molar-refractivity contribution in [2.75, 3.05) is 32.7 Å². The van der Waals surface area contributed by atoms with Crippen molar-refractivity contribution in [2.24, 2.45) is 0 Å². The number of carbonyl (C=O) groups excluding carboxylic acids is 1. The first-order valence-electron chi connectivity index (χ1n) is 9.30. The van der Waals surface area contributed by atoms with Gasteiger partial charge >= 0.3 is 0 Å². The van der Waals surface area contributed by atoms with Crippen LogP contribution in [-0.4, -0.2) is 51.4 Å². The molecule has 0 aromatic heterocycles. The van der Waals surface area contributed by atoms with Gasteiger partial charge in [-0.15, -0.1) is 0 Å². The number of rotatable bonds is 6. The molecule has 2 aromatic carbocycles. The third-order valence-corrected chi connectivity index (χ3v) is 7.13. The molecular weight excluding hydrogens is 398 g/mol. The lowest BCUT2D eigenvalue weighted by molar-refractivity contribution is -0.895. The molecule has 1 saturated heterocycles. The Hall–Kier alpha value is -1.93. The van der Waals surface area contributed by atoms with Gasteiger partial charge in [0, 0.05) is 5.02 Å². The Morgan fingerprint density at radius 3 is 2.32 bits per heavy atom. The number of nitrogens with zero attached hydrogens (tertiary/aromatic N) is 1. The van der Waals surface area contributed by atoms with Gasteiger partial charge < -0.3 is 10.2 Å². The summed E-state index contributed by atoms with van der Waals surface area (Å²) in [5.41, 5.74) is 0.992. The number of nitrogens with one attached hydrogen (secondary N) is 2.